The Morgan fingerprint density at radius 3 is 2.66 bits per heavy atom. The van der Waals surface area contributed by atoms with Crippen LogP contribution < -0.4 is 15.4 Å². The molecule has 0 bridgehead atoms. The second-order valence-electron chi connectivity index (χ2n) is 6.28. The van der Waals surface area contributed by atoms with Crippen molar-refractivity contribution >= 4 is 66.5 Å². The summed E-state index contributed by atoms with van der Waals surface area (Å²) in [5.41, 5.74) is 1.89. The quantitative estimate of drug-likeness (QED) is 0.402. The van der Waals surface area contributed by atoms with Crippen molar-refractivity contribution in [1.29, 1.82) is 0 Å². The molecule has 1 heterocycles. The molecule has 4 rings (SSSR count). The third-order valence-electron chi connectivity index (χ3n) is 4.50. The van der Waals surface area contributed by atoms with Gasteiger partial charge in [0.1, 0.15) is 5.75 Å². The van der Waals surface area contributed by atoms with E-state index in [4.69, 9.17) is 17.0 Å². The molecule has 0 aliphatic carbocycles. The number of nitrogens with one attached hydrogen (secondary N) is 2. The van der Waals surface area contributed by atoms with Crippen molar-refractivity contribution in [3.05, 3.63) is 76.9 Å². The number of hydrogen-bond donors (Lipinski definition) is 2. The van der Waals surface area contributed by atoms with E-state index in [0.717, 1.165) is 31.8 Å². The Labute approximate surface area is 181 Å². The van der Waals surface area contributed by atoms with Crippen LogP contribution >= 0.6 is 28.1 Å². The highest BCUT2D eigenvalue weighted by atomic mass is 79.9. The van der Waals surface area contributed by atoms with Crippen LogP contribution in [0.25, 0.3) is 21.7 Å². The molecule has 144 valence electrons. The minimum Gasteiger partial charge on any atom is -0.495 e. The van der Waals surface area contributed by atoms with E-state index in [9.17, 15) is 4.79 Å². The van der Waals surface area contributed by atoms with E-state index in [-0.39, 0.29) is 11.0 Å². The van der Waals surface area contributed by atoms with Gasteiger partial charge in [0, 0.05) is 11.6 Å². The van der Waals surface area contributed by atoms with Crippen LogP contribution in [0.2, 0.25) is 0 Å². The maximum atomic E-state index is 12.9. The fourth-order valence-corrected chi connectivity index (χ4v) is 4.12. The summed E-state index contributed by atoms with van der Waals surface area (Å²) < 4.78 is 6.20. The molecule has 1 amide bonds. The molecule has 0 spiro atoms. The number of para-hydroxylation sites is 1. The number of nitrogens with zero attached hydrogens (tertiary/aromatic N) is 1. The van der Waals surface area contributed by atoms with E-state index in [1.54, 1.807) is 12.3 Å². The zero-order chi connectivity index (χ0) is 20.4. The van der Waals surface area contributed by atoms with Crippen LogP contribution in [0, 0.1) is 0 Å². The Kier molecular flexibility index (Phi) is 5.42. The molecule has 0 fully saturated rings. The zero-order valence-electron chi connectivity index (χ0n) is 15.4. The fourth-order valence-electron chi connectivity index (χ4n) is 3.18. The highest BCUT2D eigenvalue weighted by Crippen LogP contribution is 2.36. The number of fused-ring (bicyclic) bond motifs is 2. The summed E-state index contributed by atoms with van der Waals surface area (Å²) in [6.07, 6.45) is 1.71. The predicted octanol–water partition coefficient (Wildman–Crippen LogP) is 5.29. The van der Waals surface area contributed by atoms with Gasteiger partial charge in [0.15, 0.2) is 5.11 Å². The van der Waals surface area contributed by atoms with Gasteiger partial charge in [-0.3, -0.25) is 15.1 Å². The lowest BCUT2D eigenvalue weighted by Crippen LogP contribution is -2.34. The van der Waals surface area contributed by atoms with Crippen molar-refractivity contribution in [1.82, 2.24) is 10.3 Å². The number of hydrogen-bond acceptors (Lipinski definition) is 4. The normalized spacial score (nSPS) is 10.7. The molecule has 0 unspecified atom stereocenters. The number of anilines is 1. The number of methoxy groups -OCH3 is 1. The summed E-state index contributed by atoms with van der Waals surface area (Å²) in [6, 6.07) is 19.1. The number of carbonyl (C=O) groups excluding carboxylic acids is 1. The van der Waals surface area contributed by atoms with Crippen molar-refractivity contribution in [3.8, 4) is 5.75 Å². The van der Waals surface area contributed by atoms with Gasteiger partial charge in [0.05, 0.1) is 28.4 Å². The lowest BCUT2D eigenvalue weighted by atomic mass is 10.1. The molecule has 4 aromatic rings. The molecule has 0 saturated heterocycles. The first kappa shape index (κ1) is 19.3. The van der Waals surface area contributed by atoms with E-state index in [0.29, 0.717) is 11.3 Å². The van der Waals surface area contributed by atoms with Crippen LogP contribution in [0.15, 0.2) is 71.3 Å². The van der Waals surface area contributed by atoms with E-state index in [1.807, 2.05) is 54.6 Å². The van der Waals surface area contributed by atoms with Gasteiger partial charge in [-0.1, -0.05) is 42.5 Å². The first-order valence-electron chi connectivity index (χ1n) is 8.80. The van der Waals surface area contributed by atoms with E-state index < -0.39 is 0 Å². The molecule has 0 saturated carbocycles. The third-order valence-corrected chi connectivity index (χ3v) is 5.49. The number of ether oxygens (including phenoxy) is 1. The molecule has 1 aromatic heterocycles. The summed E-state index contributed by atoms with van der Waals surface area (Å²) in [6.45, 7) is 0. The van der Waals surface area contributed by atoms with Crippen molar-refractivity contribution in [2.45, 2.75) is 0 Å². The van der Waals surface area contributed by atoms with Gasteiger partial charge in [0.25, 0.3) is 5.91 Å². The lowest BCUT2D eigenvalue weighted by Gasteiger charge is -2.15. The number of pyridine rings is 1. The molecule has 3 aromatic carbocycles. The summed E-state index contributed by atoms with van der Waals surface area (Å²) in [5.74, 6) is 0.0924. The van der Waals surface area contributed by atoms with Crippen molar-refractivity contribution in [2.24, 2.45) is 0 Å². The summed E-state index contributed by atoms with van der Waals surface area (Å²) >= 11 is 8.91. The largest absolute Gasteiger partial charge is 0.495 e. The van der Waals surface area contributed by atoms with Crippen molar-refractivity contribution in [3.63, 3.8) is 0 Å². The van der Waals surface area contributed by atoms with Gasteiger partial charge in [-0.2, -0.15) is 0 Å². The minimum atomic E-state index is -0.362. The third kappa shape index (κ3) is 3.79. The average molecular weight is 466 g/mol. The number of halogens is 1. The van der Waals surface area contributed by atoms with Crippen LogP contribution in [0.4, 0.5) is 5.69 Å². The molecule has 0 aliphatic rings. The van der Waals surface area contributed by atoms with Gasteiger partial charge in [0.2, 0.25) is 0 Å². The second-order valence-corrected chi connectivity index (χ2v) is 7.48. The molecule has 29 heavy (non-hydrogen) atoms. The van der Waals surface area contributed by atoms with Crippen LogP contribution in [0.1, 0.15) is 10.4 Å². The highest BCUT2D eigenvalue weighted by molar-refractivity contribution is 9.10. The zero-order valence-corrected chi connectivity index (χ0v) is 17.8. The Morgan fingerprint density at radius 1 is 1.07 bits per heavy atom. The number of carbonyl (C=O) groups is 1. The number of benzene rings is 3. The predicted molar refractivity (Wildman–Crippen MR) is 124 cm³/mol. The number of amides is 1. The topological polar surface area (TPSA) is 63.2 Å². The summed E-state index contributed by atoms with van der Waals surface area (Å²) in [7, 11) is 1.53. The molecule has 0 aliphatic heterocycles. The van der Waals surface area contributed by atoms with Gasteiger partial charge in [-0.05, 0) is 57.1 Å². The van der Waals surface area contributed by atoms with Crippen molar-refractivity contribution in [2.75, 3.05) is 12.4 Å². The maximum Gasteiger partial charge on any atom is 0.261 e. The molecular weight excluding hydrogens is 450 g/mol. The Balaban J connectivity index is 1.61. The van der Waals surface area contributed by atoms with Gasteiger partial charge < -0.3 is 10.1 Å². The molecule has 0 radical (unpaired) electrons. The molecule has 5 nitrogen and oxygen atoms in total. The standard InChI is InChI=1S/C22H16BrN3O2S/c1-28-20-16(12-14-6-2-3-9-15(14)18(20)23)21(27)26-22(29)25-17-10-4-7-13-8-5-11-24-19(13)17/h2-12H,1H3,(H2,25,26,27,29). The summed E-state index contributed by atoms with van der Waals surface area (Å²) in [5, 5.41) is 8.83. The Morgan fingerprint density at radius 2 is 1.83 bits per heavy atom. The molecule has 7 heteroatoms. The van der Waals surface area contributed by atoms with E-state index in [1.165, 1.54) is 7.11 Å². The highest BCUT2D eigenvalue weighted by Gasteiger charge is 2.19. The number of rotatable bonds is 3. The van der Waals surface area contributed by atoms with Gasteiger partial charge >= 0.3 is 0 Å². The average Bonchev–Trinajstić information content (AvgIpc) is 2.74. The van der Waals surface area contributed by atoms with Crippen molar-refractivity contribution < 1.29 is 9.53 Å². The Hall–Kier alpha value is -3.03. The number of aromatic nitrogens is 1. The van der Waals surface area contributed by atoms with E-state index >= 15 is 0 Å². The van der Waals surface area contributed by atoms with Crippen LogP contribution in [0.5, 0.6) is 5.75 Å². The van der Waals surface area contributed by atoms with Gasteiger partial charge in [-0.15, -0.1) is 0 Å². The van der Waals surface area contributed by atoms with E-state index in [2.05, 4.69) is 31.5 Å². The maximum absolute atomic E-state index is 12.9. The SMILES string of the molecule is COc1c(C(=O)NC(=S)Nc2cccc3cccnc23)cc2ccccc2c1Br. The molecule has 2 N–H and O–H groups in total. The minimum absolute atomic E-state index is 0.180. The van der Waals surface area contributed by atoms with Crippen LogP contribution in [-0.2, 0) is 0 Å². The van der Waals surface area contributed by atoms with Crippen LogP contribution in [-0.4, -0.2) is 23.1 Å². The monoisotopic (exact) mass is 465 g/mol. The summed E-state index contributed by atoms with van der Waals surface area (Å²) in [4.78, 5) is 17.3. The second kappa shape index (κ2) is 8.14. The van der Waals surface area contributed by atoms with Gasteiger partial charge in [-0.25, -0.2) is 0 Å². The fraction of sp³-hybridized carbons (Fsp3) is 0.0455. The number of thiocarbonyl (C=S) groups is 1. The smallest absolute Gasteiger partial charge is 0.261 e. The molecule has 0 atom stereocenters. The van der Waals surface area contributed by atoms with Crippen LogP contribution in [0.3, 0.4) is 0 Å². The Bertz CT molecular complexity index is 1250. The first-order valence-corrected chi connectivity index (χ1v) is 10.00. The lowest BCUT2D eigenvalue weighted by molar-refractivity contribution is 0.0975. The first-order chi connectivity index (χ1) is 14.1. The molecular formula is C22H16BrN3O2S.